The van der Waals surface area contributed by atoms with E-state index in [0.29, 0.717) is 37.9 Å². The van der Waals surface area contributed by atoms with E-state index in [0.717, 1.165) is 52.3 Å². The number of methoxy groups -OCH3 is 1. The Kier molecular flexibility index (Phi) is 8.54. The summed E-state index contributed by atoms with van der Waals surface area (Å²) in [6.45, 7) is 12.1. The molecule has 1 fully saturated rings. The summed E-state index contributed by atoms with van der Waals surface area (Å²) in [5.74, 6) is 0.433. The molecule has 0 saturated carbocycles. The zero-order valence-electron chi connectivity index (χ0n) is 23.7. The Morgan fingerprint density at radius 1 is 1.26 bits per heavy atom. The zero-order chi connectivity index (χ0) is 28.2. The number of benzene rings is 1. The molecule has 1 aromatic heterocycles. The number of aliphatic imine (C=N–C) groups is 2. The van der Waals surface area contributed by atoms with Gasteiger partial charge in [0.1, 0.15) is 17.9 Å². The number of pyridine rings is 1. The highest BCUT2D eigenvalue weighted by atomic mass is 16.6. The largest absolute Gasteiger partial charge is 0.474 e. The van der Waals surface area contributed by atoms with E-state index in [9.17, 15) is 4.79 Å². The number of amides is 1. The molecule has 39 heavy (non-hydrogen) atoms. The highest BCUT2D eigenvalue weighted by molar-refractivity contribution is 6.06. The minimum absolute atomic E-state index is 0.357. The first-order valence-electron chi connectivity index (χ1n) is 13.1. The highest BCUT2D eigenvalue weighted by Gasteiger charge is 2.33. The average molecular weight is 535 g/mol. The lowest BCUT2D eigenvalue weighted by molar-refractivity contribution is 0.0566. The molecule has 2 N–H and O–H groups in total. The number of ether oxygens (including phenoxy) is 3. The Labute approximate surface area is 230 Å². The van der Waals surface area contributed by atoms with Gasteiger partial charge in [-0.05, 0) is 69.9 Å². The Morgan fingerprint density at radius 3 is 2.77 bits per heavy atom. The van der Waals surface area contributed by atoms with Crippen molar-refractivity contribution in [2.45, 2.75) is 53.2 Å². The van der Waals surface area contributed by atoms with Crippen LogP contribution in [0.25, 0.3) is 0 Å². The maximum atomic E-state index is 13.1. The van der Waals surface area contributed by atoms with E-state index in [1.54, 1.807) is 24.4 Å². The Morgan fingerprint density at radius 2 is 2.05 bits per heavy atom. The highest BCUT2D eigenvalue weighted by Crippen LogP contribution is 2.39. The number of rotatable bonds is 5. The molecule has 0 radical (unpaired) electrons. The van der Waals surface area contributed by atoms with Gasteiger partial charge < -0.3 is 24.8 Å². The van der Waals surface area contributed by atoms with Crippen LogP contribution in [0.2, 0.25) is 0 Å². The van der Waals surface area contributed by atoms with Gasteiger partial charge in [-0.1, -0.05) is 6.07 Å². The zero-order valence-corrected chi connectivity index (χ0v) is 23.7. The van der Waals surface area contributed by atoms with E-state index in [1.807, 2.05) is 33.8 Å². The lowest BCUT2D eigenvalue weighted by atomic mass is 10.0. The van der Waals surface area contributed by atoms with Gasteiger partial charge in [0.05, 0.1) is 49.3 Å². The third-order valence-electron chi connectivity index (χ3n) is 6.60. The summed E-state index contributed by atoms with van der Waals surface area (Å²) < 4.78 is 16.8. The predicted octanol–water partition coefficient (Wildman–Crippen LogP) is 4.83. The normalized spacial score (nSPS) is 18.0. The molecule has 3 heterocycles. The van der Waals surface area contributed by atoms with Gasteiger partial charge in [-0.25, -0.2) is 14.8 Å². The van der Waals surface area contributed by atoms with Gasteiger partial charge >= 0.3 is 6.09 Å². The van der Waals surface area contributed by atoms with Crippen molar-refractivity contribution in [2.24, 2.45) is 15.7 Å². The van der Waals surface area contributed by atoms with Crippen LogP contribution in [0.5, 0.6) is 5.88 Å². The van der Waals surface area contributed by atoms with E-state index in [-0.39, 0.29) is 0 Å². The number of carbonyl (C=O) groups excluding carboxylic acids is 1. The summed E-state index contributed by atoms with van der Waals surface area (Å²) in [6.07, 6.45) is 5.17. The summed E-state index contributed by atoms with van der Waals surface area (Å²) in [6, 6.07) is 6.11. The van der Waals surface area contributed by atoms with E-state index >= 15 is 0 Å². The first-order chi connectivity index (χ1) is 18.6. The predicted molar refractivity (Wildman–Crippen MR) is 155 cm³/mol. The van der Waals surface area contributed by atoms with Gasteiger partial charge in [-0.15, -0.1) is 0 Å². The van der Waals surface area contributed by atoms with Crippen LogP contribution in [-0.2, 0) is 16.1 Å². The lowest BCUT2D eigenvalue weighted by Crippen LogP contribution is -2.43. The van der Waals surface area contributed by atoms with Crippen molar-refractivity contribution >= 4 is 35.2 Å². The second kappa shape index (κ2) is 11.9. The molecule has 208 valence electrons. The number of hydrogen-bond acceptors (Lipinski definition) is 8. The quantitative estimate of drug-likeness (QED) is 0.431. The molecule has 10 nitrogen and oxygen atoms in total. The number of aromatic nitrogens is 1. The van der Waals surface area contributed by atoms with Crippen molar-refractivity contribution < 1.29 is 19.0 Å². The van der Waals surface area contributed by atoms with Crippen molar-refractivity contribution in [2.75, 3.05) is 43.2 Å². The summed E-state index contributed by atoms with van der Waals surface area (Å²) >= 11 is 0. The number of carbonyl (C=O) groups is 1. The fourth-order valence-corrected chi connectivity index (χ4v) is 4.69. The second-order valence-corrected chi connectivity index (χ2v) is 10.6. The number of nitrogens with zero attached hydrogens (tertiary/aromatic N) is 5. The Balaban J connectivity index is 1.70. The molecule has 2 aliphatic heterocycles. The van der Waals surface area contributed by atoms with Crippen LogP contribution in [0, 0.1) is 13.8 Å². The van der Waals surface area contributed by atoms with E-state index in [2.05, 4.69) is 33.9 Å². The third-order valence-corrected chi connectivity index (χ3v) is 6.60. The number of hydrogen-bond donors (Lipinski definition) is 1. The molecule has 1 aromatic carbocycles. The molecule has 4 rings (SSSR count). The molecule has 0 unspecified atom stereocenters. The third kappa shape index (κ3) is 6.57. The number of fused-ring (bicyclic) bond motifs is 1. The molecule has 0 atom stereocenters. The molecular weight excluding hydrogens is 496 g/mol. The molecule has 2 aromatic rings. The summed E-state index contributed by atoms with van der Waals surface area (Å²) in [4.78, 5) is 30.7. The number of anilines is 2. The van der Waals surface area contributed by atoms with Crippen molar-refractivity contribution in [3.05, 3.63) is 52.9 Å². The van der Waals surface area contributed by atoms with Crippen molar-refractivity contribution in [1.82, 2.24) is 4.98 Å². The van der Waals surface area contributed by atoms with Gasteiger partial charge in [0.2, 0.25) is 5.88 Å². The Bertz CT molecular complexity index is 1310. The first kappa shape index (κ1) is 28.1. The van der Waals surface area contributed by atoms with Crippen LogP contribution >= 0.6 is 0 Å². The topological polar surface area (TPSA) is 115 Å². The fraction of sp³-hybridized carbons (Fsp3) is 0.448. The SMILES string of the molecule is COCc1cc(N=C2CN(c3cnc4c(c3C)N(C(=O)OC(C)(C)C)CCO4)CC/C2=C/N=CN)ccc1C. The molecular formula is C29H38N6O4. The molecule has 0 aliphatic carbocycles. The van der Waals surface area contributed by atoms with Crippen molar-refractivity contribution in [1.29, 1.82) is 0 Å². The summed E-state index contributed by atoms with van der Waals surface area (Å²) in [7, 11) is 1.69. The Hall–Kier alpha value is -3.92. The average Bonchev–Trinajstić information content (AvgIpc) is 2.89. The molecule has 1 saturated heterocycles. The lowest BCUT2D eigenvalue weighted by Gasteiger charge is -2.36. The summed E-state index contributed by atoms with van der Waals surface area (Å²) in [5.41, 5.74) is 12.4. The number of aryl methyl sites for hydroxylation is 1. The van der Waals surface area contributed by atoms with Crippen LogP contribution in [-0.4, -0.2) is 62.1 Å². The smallest absolute Gasteiger partial charge is 0.415 e. The maximum absolute atomic E-state index is 13.1. The second-order valence-electron chi connectivity index (χ2n) is 10.6. The van der Waals surface area contributed by atoms with Crippen molar-refractivity contribution in [3.8, 4) is 5.88 Å². The molecule has 0 bridgehead atoms. The molecule has 0 spiro atoms. The minimum Gasteiger partial charge on any atom is -0.474 e. The number of nitrogens with two attached hydrogens (primary N) is 1. The van der Waals surface area contributed by atoms with Crippen LogP contribution in [0.3, 0.4) is 0 Å². The van der Waals surface area contributed by atoms with E-state index < -0.39 is 11.7 Å². The van der Waals surface area contributed by atoms with Crippen LogP contribution in [0.15, 0.2) is 46.2 Å². The number of piperidine rings is 1. The molecule has 1 amide bonds. The van der Waals surface area contributed by atoms with Gasteiger partial charge in [0.25, 0.3) is 0 Å². The molecule has 10 heteroatoms. The first-order valence-corrected chi connectivity index (χ1v) is 13.1. The van der Waals surface area contributed by atoms with Gasteiger partial charge in [0.15, 0.2) is 0 Å². The fourth-order valence-electron chi connectivity index (χ4n) is 4.69. The maximum Gasteiger partial charge on any atom is 0.415 e. The standard InChI is InChI=1S/C29H38N6O4/c1-19-7-8-23(13-22(19)17-37-6)33-24-16-34(10-9-21(24)14-31-18-30)25-15-32-27-26(20(25)2)35(11-12-38-27)28(36)39-29(3,4)5/h7-8,13-15,18H,9-12,16-17H2,1-6H3,(H2,30,31)/b21-14-,33-24?. The van der Waals surface area contributed by atoms with Crippen LogP contribution in [0.1, 0.15) is 43.9 Å². The van der Waals surface area contributed by atoms with E-state index in [4.69, 9.17) is 24.9 Å². The van der Waals surface area contributed by atoms with E-state index in [1.165, 1.54) is 6.34 Å². The summed E-state index contributed by atoms with van der Waals surface area (Å²) in [5, 5.41) is 0. The van der Waals surface area contributed by atoms with Gasteiger partial charge in [-0.3, -0.25) is 9.89 Å². The van der Waals surface area contributed by atoms with Gasteiger partial charge in [0, 0.05) is 25.4 Å². The van der Waals surface area contributed by atoms with Crippen LogP contribution in [0.4, 0.5) is 21.9 Å². The minimum atomic E-state index is -0.611. The van der Waals surface area contributed by atoms with Crippen molar-refractivity contribution in [3.63, 3.8) is 0 Å². The van der Waals surface area contributed by atoms with Gasteiger partial charge in [-0.2, -0.15) is 0 Å². The molecule has 2 aliphatic rings. The van der Waals surface area contributed by atoms with Crippen LogP contribution < -0.4 is 20.3 Å². The monoisotopic (exact) mass is 534 g/mol.